The number of sulfonamides is 1. The number of hydrogen-bond donors (Lipinski definition) is 1. The normalized spacial score (nSPS) is 21.2. The average molecular weight is 301 g/mol. The monoisotopic (exact) mass is 301 g/mol. The van der Waals surface area contributed by atoms with Crippen LogP contribution < -0.4 is 0 Å². The number of piperidine rings is 1. The second-order valence-corrected chi connectivity index (χ2v) is 7.23. The van der Waals surface area contributed by atoms with E-state index in [1.165, 1.54) is 6.20 Å². The Hall–Kier alpha value is -0.920. The van der Waals surface area contributed by atoms with E-state index in [1.807, 2.05) is 0 Å². The maximum atomic E-state index is 12.6. The number of rotatable bonds is 6. The molecule has 2 heterocycles. The topological polar surface area (TPSA) is 75.4 Å². The Balaban J connectivity index is 2.11. The van der Waals surface area contributed by atoms with Crippen LogP contribution in [0.4, 0.5) is 0 Å². The average Bonchev–Trinajstić information content (AvgIpc) is 2.94. The molecule has 0 amide bonds. The van der Waals surface area contributed by atoms with E-state index in [1.54, 1.807) is 15.2 Å². The molecule has 0 bridgehead atoms. The largest absolute Gasteiger partial charge is 0.396 e. The predicted molar refractivity (Wildman–Crippen MR) is 75.7 cm³/mol. The van der Waals surface area contributed by atoms with Crippen molar-refractivity contribution >= 4 is 10.0 Å². The van der Waals surface area contributed by atoms with Gasteiger partial charge in [0, 0.05) is 32.4 Å². The van der Waals surface area contributed by atoms with Crippen molar-refractivity contribution in [1.29, 1.82) is 0 Å². The molecule has 0 radical (unpaired) electrons. The second-order valence-electron chi connectivity index (χ2n) is 5.30. The molecule has 6 nitrogen and oxygen atoms in total. The van der Waals surface area contributed by atoms with Crippen LogP contribution in [0.15, 0.2) is 17.3 Å². The fourth-order valence-electron chi connectivity index (χ4n) is 2.56. The van der Waals surface area contributed by atoms with Gasteiger partial charge in [0.25, 0.3) is 0 Å². The highest BCUT2D eigenvalue weighted by Crippen LogP contribution is 2.24. The molecule has 20 heavy (non-hydrogen) atoms. The molecule has 1 unspecified atom stereocenters. The van der Waals surface area contributed by atoms with Gasteiger partial charge in [-0.25, -0.2) is 8.42 Å². The zero-order valence-electron chi connectivity index (χ0n) is 11.9. The molecule has 1 fully saturated rings. The lowest BCUT2D eigenvalue weighted by molar-refractivity contribution is 0.261. The number of aromatic nitrogens is 2. The zero-order chi connectivity index (χ0) is 14.6. The van der Waals surface area contributed by atoms with Crippen molar-refractivity contribution < 1.29 is 13.5 Å². The molecule has 1 N–H and O–H groups in total. The third kappa shape index (κ3) is 3.39. The second kappa shape index (κ2) is 6.69. The molecule has 1 aliphatic rings. The minimum Gasteiger partial charge on any atom is -0.396 e. The molecular weight excluding hydrogens is 278 g/mol. The van der Waals surface area contributed by atoms with Crippen molar-refractivity contribution in [1.82, 2.24) is 14.1 Å². The van der Waals surface area contributed by atoms with E-state index in [4.69, 9.17) is 5.11 Å². The van der Waals surface area contributed by atoms with E-state index in [2.05, 4.69) is 12.0 Å². The van der Waals surface area contributed by atoms with E-state index in [-0.39, 0.29) is 11.5 Å². The molecule has 1 saturated heterocycles. The van der Waals surface area contributed by atoms with Crippen molar-refractivity contribution in [2.24, 2.45) is 5.92 Å². The molecule has 0 aromatic carbocycles. The first kappa shape index (κ1) is 15.5. The highest BCUT2D eigenvalue weighted by Gasteiger charge is 2.30. The standard InChI is InChI=1S/C13H23N3O3S/c1-2-12-5-3-7-16(10-12)20(18,19)13-9-14-15(11-13)6-4-8-17/h9,11-12,17H,2-8,10H2,1H3. The van der Waals surface area contributed by atoms with Crippen molar-refractivity contribution in [3.8, 4) is 0 Å². The Morgan fingerprint density at radius 1 is 1.50 bits per heavy atom. The summed E-state index contributed by atoms with van der Waals surface area (Å²) in [5.41, 5.74) is 0. The Kier molecular flexibility index (Phi) is 5.17. The van der Waals surface area contributed by atoms with Crippen LogP contribution in [0, 0.1) is 5.92 Å². The maximum absolute atomic E-state index is 12.6. The highest BCUT2D eigenvalue weighted by molar-refractivity contribution is 7.89. The summed E-state index contributed by atoms with van der Waals surface area (Å²) in [6, 6.07) is 0. The Bertz CT molecular complexity index is 527. The van der Waals surface area contributed by atoms with Crippen LogP contribution in [0.25, 0.3) is 0 Å². The van der Waals surface area contributed by atoms with Crippen molar-refractivity contribution in [2.75, 3.05) is 19.7 Å². The van der Waals surface area contributed by atoms with E-state index >= 15 is 0 Å². The quantitative estimate of drug-likeness (QED) is 0.853. The summed E-state index contributed by atoms with van der Waals surface area (Å²) in [4.78, 5) is 0.257. The van der Waals surface area contributed by atoms with Gasteiger partial charge in [0.2, 0.25) is 10.0 Å². The fraction of sp³-hybridized carbons (Fsp3) is 0.769. The van der Waals surface area contributed by atoms with Crippen LogP contribution in [-0.2, 0) is 16.6 Å². The number of aliphatic hydroxyl groups excluding tert-OH is 1. The van der Waals surface area contributed by atoms with Crippen LogP contribution >= 0.6 is 0 Å². The first-order valence-corrected chi connectivity index (χ1v) is 8.65. The summed E-state index contributed by atoms with van der Waals surface area (Å²) < 4.78 is 28.3. The molecule has 1 aromatic rings. The third-order valence-corrected chi connectivity index (χ3v) is 5.67. The lowest BCUT2D eigenvalue weighted by atomic mass is 9.97. The summed E-state index contributed by atoms with van der Waals surface area (Å²) in [6.45, 7) is 3.92. The summed E-state index contributed by atoms with van der Waals surface area (Å²) in [6.07, 6.45) is 6.59. The molecule has 2 rings (SSSR count). The van der Waals surface area contributed by atoms with Gasteiger partial charge in [0.05, 0.1) is 6.20 Å². The summed E-state index contributed by atoms with van der Waals surface area (Å²) in [7, 11) is -3.42. The van der Waals surface area contributed by atoms with Crippen molar-refractivity contribution in [3.63, 3.8) is 0 Å². The maximum Gasteiger partial charge on any atom is 0.246 e. The van der Waals surface area contributed by atoms with Gasteiger partial charge in [-0.2, -0.15) is 9.40 Å². The molecule has 1 aliphatic heterocycles. The molecule has 114 valence electrons. The molecule has 0 saturated carbocycles. The van der Waals surface area contributed by atoms with Gasteiger partial charge in [-0.15, -0.1) is 0 Å². The lowest BCUT2D eigenvalue weighted by Gasteiger charge is -2.30. The number of aliphatic hydroxyl groups is 1. The van der Waals surface area contributed by atoms with Gasteiger partial charge in [0.1, 0.15) is 4.90 Å². The summed E-state index contributed by atoms with van der Waals surface area (Å²) >= 11 is 0. The minimum absolute atomic E-state index is 0.0756. The van der Waals surface area contributed by atoms with Crippen LogP contribution in [0.3, 0.4) is 0 Å². The van der Waals surface area contributed by atoms with Crippen molar-refractivity contribution in [2.45, 2.75) is 44.0 Å². The van der Waals surface area contributed by atoms with Gasteiger partial charge in [-0.3, -0.25) is 4.68 Å². The van der Waals surface area contributed by atoms with Gasteiger partial charge < -0.3 is 5.11 Å². The van der Waals surface area contributed by atoms with Crippen LogP contribution in [0.1, 0.15) is 32.6 Å². The van der Waals surface area contributed by atoms with E-state index in [9.17, 15) is 8.42 Å². The molecule has 7 heteroatoms. The summed E-state index contributed by atoms with van der Waals surface area (Å²) in [5, 5.41) is 12.8. The lowest BCUT2D eigenvalue weighted by Crippen LogP contribution is -2.39. The molecular formula is C13H23N3O3S. The van der Waals surface area contributed by atoms with Gasteiger partial charge in [-0.1, -0.05) is 13.3 Å². The number of hydrogen-bond acceptors (Lipinski definition) is 4. The van der Waals surface area contributed by atoms with Gasteiger partial charge >= 0.3 is 0 Å². The smallest absolute Gasteiger partial charge is 0.246 e. The van der Waals surface area contributed by atoms with E-state index < -0.39 is 10.0 Å². The first-order valence-electron chi connectivity index (χ1n) is 7.21. The van der Waals surface area contributed by atoms with Crippen LogP contribution in [0.5, 0.6) is 0 Å². The van der Waals surface area contributed by atoms with E-state index in [0.29, 0.717) is 32.0 Å². The van der Waals surface area contributed by atoms with Crippen LogP contribution in [0.2, 0.25) is 0 Å². The number of nitrogens with zero attached hydrogens (tertiary/aromatic N) is 3. The van der Waals surface area contributed by atoms with Gasteiger partial charge in [0.15, 0.2) is 0 Å². The Morgan fingerprint density at radius 3 is 3.00 bits per heavy atom. The Morgan fingerprint density at radius 2 is 2.30 bits per heavy atom. The highest BCUT2D eigenvalue weighted by atomic mass is 32.2. The van der Waals surface area contributed by atoms with Crippen LogP contribution in [-0.4, -0.2) is 47.3 Å². The summed E-state index contributed by atoms with van der Waals surface area (Å²) in [5.74, 6) is 0.461. The minimum atomic E-state index is -3.42. The third-order valence-electron chi connectivity index (χ3n) is 3.85. The Labute approximate surface area is 120 Å². The first-order chi connectivity index (χ1) is 9.57. The molecule has 1 atom stereocenters. The zero-order valence-corrected chi connectivity index (χ0v) is 12.7. The molecule has 0 aliphatic carbocycles. The van der Waals surface area contributed by atoms with Gasteiger partial charge in [-0.05, 0) is 25.2 Å². The number of aryl methyl sites for hydroxylation is 1. The predicted octanol–water partition coefficient (Wildman–Crippen LogP) is 1.08. The van der Waals surface area contributed by atoms with Crippen molar-refractivity contribution in [3.05, 3.63) is 12.4 Å². The SMILES string of the molecule is CCC1CCCN(S(=O)(=O)c2cnn(CCCO)c2)C1. The fourth-order valence-corrected chi connectivity index (χ4v) is 4.07. The van der Waals surface area contributed by atoms with E-state index in [0.717, 1.165) is 19.3 Å². The molecule has 1 aromatic heterocycles. The molecule has 0 spiro atoms.